The Kier molecular flexibility index (Phi) is 5.60. The summed E-state index contributed by atoms with van der Waals surface area (Å²) < 4.78 is 5.46. The molecule has 0 aliphatic carbocycles. The Balaban J connectivity index is 2.20. The predicted molar refractivity (Wildman–Crippen MR) is 84.3 cm³/mol. The van der Waals surface area contributed by atoms with E-state index in [4.69, 9.17) is 10.00 Å². The Bertz CT molecular complexity index is 509. The number of nitriles is 1. The van der Waals surface area contributed by atoms with Gasteiger partial charge >= 0.3 is 0 Å². The Morgan fingerprint density at radius 2 is 2.19 bits per heavy atom. The zero-order valence-corrected chi connectivity index (χ0v) is 13.3. The minimum atomic E-state index is 0.563. The van der Waals surface area contributed by atoms with Crippen LogP contribution >= 0.6 is 0 Å². The maximum atomic E-state index is 9.10. The van der Waals surface area contributed by atoms with Crippen LogP contribution in [0.1, 0.15) is 30.9 Å². The first-order valence-electron chi connectivity index (χ1n) is 7.67. The van der Waals surface area contributed by atoms with Crippen LogP contribution < -0.4 is 4.74 Å². The highest BCUT2D eigenvalue weighted by molar-refractivity contribution is 5.42. The highest BCUT2D eigenvalue weighted by Crippen LogP contribution is 2.24. The number of rotatable bonds is 4. The Labute approximate surface area is 127 Å². The van der Waals surface area contributed by atoms with Gasteiger partial charge in [-0.3, -0.25) is 4.90 Å². The SMILES string of the molecule is CCC1CN(C)CCCN1Cc1cc(C#N)ccc1OC. The average Bonchev–Trinajstić information content (AvgIpc) is 2.68. The van der Waals surface area contributed by atoms with E-state index in [2.05, 4.69) is 29.8 Å². The molecule has 0 radical (unpaired) electrons. The third-order valence-electron chi connectivity index (χ3n) is 4.28. The summed E-state index contributed by atoms with van der Waals surface area (Å²) >= 11 is 0. The fourth-order valence-electron chi connectivity index (χ4n) is 3.08. The van der Waals surface area contributed by atoms with E-state index in [-0.39, 0.29) is 0 Å². The lowest BCUT2D eigenvalue weighted by atomic mass is 10.1. The van der Waals surface area contributed by atoms with E-state index in [0.29, 0.717) is 11.6 Å². The molecule has 0 saturated carbocycles. The van der Waals surface area contributed by atoms with Crippen molar-refractivity contribution in [1.82, 2.24) is 9.80 Å². The molecule has 1 atom stereocenters. The molecular weight excluding hydrogens is 262 g/mol. The van der Waals surface area contributed by atoms with Gasteiger partial charge in [-0.15, -0.1) is 0 Å². The molecule has 1 unspecified atom stereocenters. The molecule has 0 spiro atoms. The van der Waals surface area contributed by atoms with Gasteiger partial charge in [0, 0.05) is 31.2 Å². The summed E-state index contributed by atoms with van der Waals surface area (Å²) in [6.07, 6.45) is 2.33. The van der Waals surface area contributed by atoms with Gasteiger partial charge in [0.05, 0.1) is 18.7 Å². The minimum absolute atomic E-state index is 0.563. The minimum Gasteiger partial charge on any atom is -0.496 e. The smallest absolute Gasteiger partial charge is 0.123 e. The Morgan fingerprint density at radius 1 is 1.38 bits per heavy atom. The van der Waals surface area contributed by atoms with Crippen LogP contribution in [0.3, 0.4) is 0 Å². The lowest BCUT2D eigenvalue weighted by molar-refractivity contribution is 0.174. The van der Waals surface area contributed by atoms with Gasteiger partial charge in [0.1, 0.15) is 5.75 Å². The topological polar surface area (TPSA) is 39.5 Å². The van der Waals surface area contributed by atoms with E-state index in [1.807, 2.05) is 18.2 Å². The van der Waals surface area contributed by atoms with Crippen LogP contribution in [-0.4, -0.2) is 49.6 Å². The van der Waals surface area contributed by atoms with Crippen molar-refractivity contribution in [1.29, 1.82) is 5.26 Å². The van der Waals surface area contributed by atoms with E-state index in [0.717, 1.165) is 43.9 Å². The van der Waals surface area contributed by atoms with Crippen LogP contribution in [0, 0.1) is 11.3 Å². The van der Waals surface area contributed by atoms with Crippen LogP contribution in [0.2, 0.25) is 0 Å². The monoisotopic (exact) mass is 287 g/mol. The Hall–Kier alpha value is -1.57. The normalized spacial score (nSPS) is 20.8. The van der Waals surface area contributed by atoms with Crippen LogP contribution in [-0.2, 0) is 6.54 Å². The van der Waals surface area contributed by atoms with Crippen molar-refractivity contribution in [3.05, 3.63) is 29.3 Å². The van der Waals surface area contributed by atoms with Crippen molar-refractivity contribution in [2.75, 3.05) is 33.8 Å². The second-order valence-corrected chi connectivity index (χ2v) is 5.79. The fourth-order valence-corrected chi connectivity index (χ4v) is 3.08. The van der Waals surface area contributed by atoms with Crippen LogP contribution in [0.15, 0.2) is 18.2 Å². The maximum Gasteiger partial charge on any atom is 0.123 e. The molecule has 2 rings (SSSR count). The summed E-state index contributed by atoms with van der Waals surface area (Å²) in [5.41, 5.74) is 1.81. The van der Waals surface area contributed by atoms with Crippen LogP contribution in [0.4, 0.5) is 0 Å². The first-order valence-corrected chi connectivity index (χ1v) is 7.67. The van der Waals surface area contributed by atoms with Crippen molar-refractivity contribution in [2.45, 2.75) is 32.4 Å². The summed E-state index contributed by atoms with van der Waals surface area (Å²) in [5, 5.41) is 9.10. The lowest BCUT2D eigenvalue weighted by Gasteiger charge is -2.30. The summed E-state index contributed by atoms with van der Waals surface area (Å²) in [6, 6.07) is 8.46. The number of hydrogen-bond donors (Lipinski definition) is 0. The number of hydrogen-bond acceptors (Lipinski definition) is 4. The first-order chi connectivity index (χ1) is 10.2. The van der Waals surface area contributed by atoms with Gasteiger partial charge in [0.15, 0.2) is 0 Å². The van der Waals surface area contributed by atoms with Gasteiger partial charge in [-0.05, 0) is 44.6 Å². The molecule has 0 bridgehead atoms. The summed E-state index contributed by atoms with van der Waals surface area (Å²) in [4.78, 5) is 4.94. The predicted octanol–water partition coefficient (Wildman–Crippen LogP) is 2.48. The first kappa shape index (κ1) is 15.8. The molecule has 1 aliphatic rings. The second kappa shape index (κ2) is 7.44. The van der Waals surface area contributed by atoms with Crippen molar-refractivity contribution in [3.8, 4) is 11.8 Å². The number of nitrogens with zero attached hydrogens (tertiary/aromatic N) is 3. The second-order valence-electron chi connectivity index (χ2n) is 5.79. The maximum absolute atomic E-state index is 9.10. The molecule has 1 saturated heterocycles. The fraction of sp³-hybridized carbons (Fsp3) is 0.588. The zero-order valence-electron chi connectivity index (χ0n) is 13.3. The molecular formula is C17H25N3O. The van der Waals surface area contributed by atoms with Crippen molar-refractivity contribution < 1.29 is 4.74 Å². The molecule has 4 nitrogen and oxygen atoms in total. The molecule has 21 heavy (non-hydrogen) atoms. The van der Waals surface area contributed by atoms with Crippen molar-refractivity contribution in [2.24, 2.45) is 0 Å². The number of methoxy groups -OCH3 is 1. The molecule has 1 fully saturated rings. The van der Waals surface area contributed by atoms with Gasteiger partial charge in [0.2, 0.25) is 0 Å². The van der Waals surface area contributed by atoms with Gasteiger partial charge in [0.25, 0.3) is 0 Å². The Morgan fingerprint density at radius 3 is 2.86 bits per heavy atom. The molecule has 1 aromatic rings. The largest absolute Gasteiger partial charge is 0.496 e. The summed E-state index contributed by atoms with van der Waals surface area (Å²) in [6.45, 7) is 6.46. The molecule has 114 valence electrons. The summed E-state index contributed by atoms with van der Waals surface area (Å²) in [5.74, 6) is 0.876. The van der Waals surface area contributed by atoms with E-state index in [9.17, 15) is 0 Å². The number of ether oxygens (including phenoxy) is 1. The lowest BCUT2D eigenvalue weighted by Crippen LogP contribution is -2.39. The number of likely N-dealkylation sites (N-methyl/N-ethyl adjacent to an activating group) is 1. The third-order valence-corrected chi connectivity index (χ3v) is 4.28. The zero-order chi connectivity index (χ0) is 15.2. The average molecular weight is 287 g/mol. The van der Waals surface area contributed by atoms with Gasteiger partial charge in [-0.25, -0.2) is 0 Å². The highest BCUT2D eigenvalue weighted by atomic mass is 16.5. The van der Waals surface area contributed by atoms with Crippen LogP contribution in [0.25, 0.3) is 0 Å². The third kappa shape index (κ3) is 3.96. The van der Waals surface area contributed by atoms with E-state index < -0.39 is 0 Å². The summed E-state index contributed by atoms with van der Waals surface area (Å²) in [7, 11) is 3.89. The van der Waals surface area contributed by atoms with E-state index in [1.54, 1.807) is 7.11 Å². The molecule has 1 aliphatic heterocycles. The van der Waals surface area contributed by atoms with Crippen molar-refractivity contribution >= 4 is 0 Å². The van der Waals surface area contributed by atoms with E-state index >= 15 is 0 Å². The van der Waals surface area contributed by atoms with Crippen molar-refractivity contribution in [3.63, 3.8) is 0 Å². The molecule has 1 aromatic carbocycles. The number of benzene rings is 1. The standard InChI is InChI=1S/C17H25N3O/c1-4-16-13-19(2)8-5-9-20(16)12-15-10-14(11-18)6-7-17(15)21-3/h6-7,10,16H,4-5,8-9,12-13H2,1-3H3. The van der Waals surface area contributed by atoms with Gasteiger partial charge in [-0.2, -0.15) is 5.26 Å². The molecule has 1 heterocycles. The van der Waals surface area contributed by atoms with Gasteiger partial charge < -0.3 is 9.64 Å². The molecule has 0 N–H and O–H groups in total. The van der Waals surface area contributed by atoms with Gasteiger partial charge in [-0.1, -0.05) is 6.92 Å². The van der Waals surface area contributed by atoms with E-state index in [1.165, 1.54) is 6.42 Å². The van der Waals surface area contributed by atoms with Crippen LogP contribution in [0.5, 0.6) is 5.75 Å². The quantitative estimate of drug-likeness (QED) is 0.853. The highest BCUT2D eigenvalue weighted by Gasteiger charge is 2.23. The molecule has 0 amide bonds. The molecule has 0 aromatic heterocycles. The molecule has 4 heteroatoms.